The third-order valence-corrected chi connectivity index (χ3v) is 2.20. The average Bonchev–Trinajstić information content (AvgIpc) is 2.14. The average molecular weight is 182 g/mol. The van der Waals surface area contributed by atoms with Crippen molar-refractivity contribution in [2.75, 3.05) is 18.6 Å². The first-order chi connectivity index (χ1) is 5.93. The Kier molecular flexibility index (Phi) is 4.69. The van der Waals surface area contributed by atoms with E-state index in [1.165, 1.54) is 5.75 Å². The predicted molar refractivity (Wildman–Crippen MR) is 54.9 cm³/mol. The molecule has 0 aliphatic rings. The first-order valence-corrected chi connectivity index (χ1v) is 5.49. The van der Waals surface area contributed by atoms with E-state index >= 15 is 0 Å². The lowest BCUT2D eigenvalue weighted by molar-refractivity contribution is 0.319. The van der Waals surface area contributed by atoms with Crippen LogP contribution in [0, 0.1) is 0 Å². The Labute approximate surface area is 78.1 Å². The van der Waals surface area contributed by atoms with Gasteiger partial charge in [0.1, 0.15) is 5.75 Å². The number of thioether (sulfide) groups is 1. The van der Waals surface area contributed by atoms with Crippen molar-refractivity contribution in [3.05, 3.63) is 30.3 Å². The van der Waals surface area contributed by atoms with Crippen molar-refractivity contribution < 1.29 is 4.74 Å². The molecule has 0 saturated heterocycles. The van der Waals surface area contributed by atoms with Gasteiger partial charge in [-0.1, -0.05) is 18.2 Å². The van der Waals surface area contributed by atoms with Gasteiger partial charge in [-0.2, -0.15) is 11.8 Å². The lowest BCUT2D eigenvalue weighted by atomic mass is 10.3. The third kappa shape index (κ3) is 3.67. The fourth-order valence-corrected chi connectivity index (χ4v) is 1.32. The Bertz CT molecular complexity index is 198. The molecule has 0 heterocycles. The highest BCUT2D eigenvalue weighted by molar-refractivity contribution is 7.98. The van der Waals surface area contributed by atoms with E-state index in [-0.39, 0.29) is 0 Å². The van der Waals surface area contributed by atoms with Crippen molar-refractivity contribution in [1.82, 2.24) is 0 Å². The monoisotopic (exact) mass is 182 g/mol. The Morgan fingerprint density at radius 1 is 1.25 bits per heavy atom. The van der Waals surface area contributed by atoms with E-state index in [2.05, 4.69) is 6.26 Å². The van der Waals surface area contributed by atoms with Gasteiger partial charge in [0.15, 0.2) is 0 Å². The summed E-state index contributed by atoms with van der Waals surface area (Å²) in [5.74, 6) is 2.14. The molecule has 0 aliphatic heterocycles. The quantitative estimate of drug-likeness (QED) is 0.648. The number of rotatable bonds is 5. The van der Waals surface area contributed by atoms with Gasteiger partial charge in [0.25, 0.3) is 0 Å². The zero-order valence-corrected chi connectivity index (χ0v) is 8.14. The van der Waals surface area contributed by atoms with Crippen molar-refractivity contribution in [2.24, 2.45) is 0 Å². The molecule has 1 aromatic carbocycles. The second-order valence-corrected chi connectivity index (χ2v) is 3.49. The molecule has 0 bridgehead atoms. The van der Waals surface area contributed by atoms with Crippen molar-refractivity contribution in [2.45, 2.75) is 6.42 Å². The van der Waals surface area contributed by atoms with Gasteiger partial charge >= 0.3 is 0 Å². The van der Waals surface area contributed by atoms with Crippen LogP contribution in [0.5, 0.6) is 5.75 Å². The zero-order valence-electron chi connectivity index (χ0n) is 7.32. The number of hydrogen-bond donors (Lipinski definition) is 0. The molecule has 1 rings (SSSR count). The Hall–Kier alpha value is -0.630. The molecule has 0 N–H and O–H groups in total. The third-order valence-electron chi connectivity index (χ3n) is 1.50. The molecule has 1 aromatic rings. The van der Waals surface area contributed by atoms with Crippen LogP contribution in [0.3, 0.4) is 0 Å². The fraction of sp³-hybridized carbons (Fsp3) is 0.400. The molecular weight excluding hydrogens is 168 g/mol. The minimum atomic E-state index is 0.824. The first-order valence-electron chi connectivity index (χ1n) is 4.10. The molecule has 0 fully saturated rings. The van der Waals surface area contributed by atoms with Gasteiger partial charge in [-0.25, -0.2) is 0 Å². The van der Waals surface area contributed by atoms with Crippen LogP contribution in [0.1, 0.15) is 6.42 Å². The van der Waals surface area contributed by atoms with Gasteiger partial charge in [0.2, 0.25) is 0 Å². The van der Waals surface area contributed by atoms with Gasteiger partial charge in [-0.05, 0) is 30.6 Å². The highest BCUT2D eigenvalue weighted by Gasteiger charge is 1.90. The maximum atomic E-state index is 5.49. The zero-order chi connectivity index (χ0) is 8.65. The summed E-state index contributed by atoms with van der Waals surface area (Å²) in [7, 11) is 0. The second-order valence-electron chi connectivity index (χ2n) is 2.51. The van der Waals surface area contributed by atoms with E-state index in [1.807, 2.05) is 42.1 Å². The molecule has 0 atom stereocenters. The molecular formula is C10H14OS. The van der Waals surface area contributed by atoms with E-state index in [0.29, 0.717) is 0 Å². The highest BCUT2D eigenvalue weighted by atomic mass is 32.2. The van der Waals surface area contributed by atoms with Crippen LogP contribution >= 0.6 is 11.8 Å². The van der Waals surface area contributed by atoms with Crippen LogP contribution in [0.15, 0.2) is 30.3 Å². The highest BCUT2D eigenvalue weighted by Crippen LogP contribution is 2.08. The summed E-state index contributed by atoms with van der Waals surface area (Å²) >= 11 is 1.86. The van der Waals surface area contributed by atoms with Crippen LogP contribution in [0.2, 0.25) is 0 Å². The van der Waals surface area contributed by atoms with Crippen LogP contribution in [-0.4, -0.2) is 18.6 Å². The number of ether oxygens (including phenoxy) is 1. The van der Waals surface area contributed by atoms with Gasteiger partial charge in [-0.15, -0.1) is 0 Å². The predicted octanol–water partition coefficient (Wildman–Crippen LogP) is 2.82. The van der Waals surface area contributed by atoms with Crippen molar-refractivity contribution in [3.63, 3.8) is 0 Å². The minimum Gasteiger partial charge on any atom is -0.494 e. The van der Waals surface area contributed by atoms with Crippen LogP contribution < -0.4 is 4.74 Å². The normalized spacial score (nSPS) is 9.75. The lowest BCUT2D eigenvalue weighted by Gasteiger charge is -2.03. The molecule has 1 nitrogen and oxygen atoms in total. The number of benzene rings is 1. The molecule has 12 heavy (non-hydrogen) atoms. The number of para-hydroxylation sites is 1. The van der Waals surface area contributed by atoms with E-state index < -0.39 is 0 Å². The number of hydrogen-bond acceptors (Lipinski definition) is 2. The van der Waals surface area contributed by atoms with E-state index in [9.17, 15) is 0 Å². The van der Waals surface area contributed by atoms with Crippen molar-refractivity contribution >= 4 is 11.8 Å². The summed E-state index contributed by atoms with van der Waals surface area (Å²) in [6, 6.07) is 9.95. The van der Waals surface area contributed by atoms with E-state index in [0.717, 1.165) is 18.8 Å². The summed E-state index contributed by atoms with van der Waals surface area (Å²) < 4.78 is 5.49. The van der Waals surface area contributed by atoms with Crippen molar-refractivity contribution in [1.29, 1.82) is 0 Å². The summed E-state index contributed by atoms with van der Waals surface area (Å²) in [5.41, 5.74) is 0. The van der Waals surface area contributed by atoms with Crippen molar-refractivity contribution in [3.8, 4) is 5.75 Å². The summed E-state index contributed by atoms with van der Waals surface area (Å²) in [6.45, 7) is 0.824. The smallest absolute Gasteiger partial charge is 0.119 e. The molecule has 0 aliphatic carbocycles. The molecule has 2 heteroatoms. The van der Waals surface area contributed by atoms with Crippen LogP contribution in [0.25, 0.3) is 0 Å². The molecule has 0 aromatic heterocycles. The topological polar surface area (TPSA) is 9.23 Å². The van der Waals surface area contributed by atoms with Crippen LogP contribution in [0.4, 0.5) is 0 Å². The molecule has 0 spiro atoms. The minimum absolute atomic E-state index is 0.824. The van der Waals surface area contributed by atoms with E-state index in [1.54, 1.807) is 0 Å². The summed E-state index contributed by atoms with van der Waals surface area (Å²) in [5, 5.41) is 0. The maximum absolute atomic E-state index is 5.49. The molecule has 0 radical (unpaired) electrons. The molecule has 0 saturated carbocycles. The van der Waals surface area contributed by atoms with Gasteiger partial charge in [0, 0.05) is 0 Å². The van der Waals surface area contributed by atoms with Gasteiger partial charge < -0.3 is 4.74 Å². The first kappa shape index (κ1) is 9.46. The Morgan fingerprint density at radius 3 is 2.67 bits per heavy atom. The lowest BCUT2D eigenvalue weighted by Crippen LogP contribution is -1.97. The Balaban J connectivity index is 2.16. The molecule has 0 amide bonds. The second kappa shape index (κ2) is 5.95. The van der Waals surface area contributed by atoms with E-state index in [4.69, 9.17) is 4.74 Å². The van der Waals surface area contributed by atoms with Gasteiger partial charge in [0.05, 0.1) is 6.61 Å². The SMILES string of the molecule is CSCCCOc1ccccc1. The summed E-state index contributed by atoms with van der Waals surface area (Å²) in [6.07, 6.45) is 3.23. The standard InChI is InChI=1S/C10H14OS/c1-12-9-5-8-11-10-6-3-2-4-7-10/h2-4,6-7H,5,8-9H2,1H3. The van der Waals surface area contributed by atoms with Gasteiger partial charge in [-0.3, -0.25) is 0 Å². The largest absolute Gasteiger partial charge is 0.494 e. The Morgan fingerprint density at radius 2 is 2.00 bits per heavy atom. The maximum Gasteiger partial charge on any atom is 0.119 e. The molecule has 0 unspecified atom stereocenters. The molecule has 66 valence electrons. The van der Waals surface area contributed by atoms with Crippen LogP contribution in [-0.2, 0) is 0 Å². The fourth-order valence-electron chi connectivity index (χ4n) is 0.910. The summed E-state index contributed by atoms with van der Waals surface area (Å²) in [4.78, 5) is 0.